The van der Waals surface area contributed by atoms with E-state index in [0.717, 1.165) is 10.8 Å². The molecule has 2 unspecified atom stereocenters. The summed E-state index contributed by atoms with van der Waals surface area (Å²) in [6.07, 6.45) is 0.803. The number of thiophene rings is 1. The molecule has 1 heterocycles. The summed E-state index contributed by atoms with van der Waals surface area (Å²) in [5, 5.41) is 13.6. The first kappa shape index (κ1) is 15.0. The van der Waals surface area contributed by atoms with Gasteiger partial charge in [0, 0.05) is 17.5 Å². The summed E-state index contributed by atoms with van der Waals surface area (Å²) in [6, 6.07) is 4.17. The third-order valence-electron chi connectivity index (χ3n) is 2.66. The Labute approximate surface area is 113 Å². The Morgan fingerprint density at radius 3 is 2.53 bits per heavy atom. The van der Waals surface area contributed by atoms with Gasteiger partial charge in [-0.05, 0) is 38.3 Å². The number of aliphatic hydroxyl groups is 1. The van der Waals surface area contributed by atoms with E-state index in [9.17, 15) is 5.11 Å². The van der Waals surface area contributed by atoms with Crippen molar-refractivity contribution in [2.45, 2.75) is 45.8 Å². The van der Waals surface area contributed by atoms with E-state index < -0.39 is 5.60 Å². The van der Waals surface area contributed by atoms with E-state index >= 15 is 0 Å². The Kier molecular flexibility index (Phi) is 5.45. The molecule has 0 amide bonds. The number of rotatable bonds is 6. The minimum absolute atomic E-state index is 0.228. The molecule has 1 rings (SSSR count). The highest BCUT2D eigenvalue weighted by atomic mass is 35.5. The molecule has 0 saturated heterocycles. The van der Waals surface area contributed by atoms with Gasteiger partial charge in [0.15, 0.2) is 0 Å². The van der Waals surface area contributed by atoms with Crippen LogP contribution in [0.1, 0.15) is 45.0 Å². The maximum absolute atomic E-state index is 10.2. The van der Waals surface area contributed by atoms with Crippen molar-refractivity contribution in [1.82, 2.24) is 5.32 Å². The molecule has 0 aromatic carbocycles. The molecule has 2 nitrogen and oxygen atoms in total. The van der Waals surface area contributed by atoms with Crippen LogP contribution in [0.5, 0.6) is 0 Å². The smallest absolute Gasteiger partial charge is 0.0931 e. The molecule has 0 fully saturated rings. The van der Waals surface area contributed by atoms with Crippen LogP contribution in [0.15, 0.2) is 12.1 Å². The Bertz CT molecular complexity index is 349. The van der Waals surface area contributed by atoms with Crippen molar-refractivity contribution in [2.75, 3.05) is 6.54 Å². The third kappa shape index (κ3) is 5.38. The minimum atomic E-state index is -0.649. The first-order chi connectivity index (χ1) is 7.80. The van der Waals surface area contributed by atoms with Gasteiger partial charge in [0.2, 0.25) is 0 Å². The zero-order valence-corrected chi connectivity index (χ0v) is 12.5. The number of hydrogen-bond donors (Lipinski definition) is 2. The summed E-state index contributed by atoms with van der Waals surface area (Å²) in [5.74, 6) is 0.498. The topological polar surface area (TPSA) is 32.3 Å². The Hall–Kier alpha value is -0.0900. The van der Waals surface area contributed by atoms with Crippen LogP contribution in [-0.4, -0.2) is 17.3 Å². The van der Waals surface area contributed by atoms with Crippen molar-refractivity contribution >= 4 is 22.9 Å². The van der Waals surface area contributed by atoms with Crippen molar-refractivity contribution in [2.24, 2.45) is 5.92 Å². The fraction of sp³-hybridized carbons (Fsp3) is 0.692. The summed E-state index contributed by atoms with van der Waals surface area (Å²) in [5.41, 5.74) is -0.649. The van der Waals surface area contributed by atoms with Crippen LogP contribution in [0.25, 0.3) is 0 Å². The summed E-state index contributed by atoms with van der Waals surface area (Å²) in [6.45, 7) is 8.82. The summed E-state index contributed by atoms with van der Waals surface area (Å²) in [7, 11) is 0. The van der Waals surface area contributed by atoms with Gasteiger partial charge in [0.05, 0.1) is 9.94 Å². The zero-order chi connectivity index (χ0) is 13.1. The SMILES string of the molecule is CC(C)CC(C)(O)CNC(C)c1ccc(Cl)s1. The fourth-order valence-electron chi connectivity index (χ4n) is 1.99. The molecule has 0 radical (unpaired) electrons. The van der Waals surface area contributed by atoms with Gasteiger partial charge in [-0.3, -0.25) is 0 Å². The third-order valence-corrected chi connectivity index (χ3v) is 4.07. The molecule has 1 aromatic heterocycles. The lowest BCUT2D eigenvalue weighted by Gasteiger charge is -2.27. The standard InChI is InChI=1S/C13H22ClNOS/c1-9(2)7-13(4,16)8-15-10(3)11-5-6-12(14)17-11/h5-6,9-10,15-16H,7-8H2,1-4H3. The van der Waals surface area contributed by atoms with E-state index in [1.54, 1.807) is 11.3 Å². The van der Waals surface area contributed by atoms with Gasteiger partial charge >= 0.3 is 0 Å². The molecule has 0 aliphatic carbocycles. The summed E-state index contributed by atoms with van der Waals surface area (Å²) >= 11 is 7.49. The van der Waals surface area contributed by atoms with Crippen molar-refractivity contribution in [3.05, 3.63) is 21.3 Å². The van der Waals surface area contributed by atoms with E-state index in [-0.39, 0.29) is 6.04 Å². The van der Waals surface area contributed by atoms with Gasteiger partial charge < -0.3 is 10.4 Å². The van der Waals surface area contributed by atoms with Gasteiger partial charge in [-0.1, -0.05) is 25.4 Å². The molecule has 0 aliphatic heterocycles. The van der Waals surface area contributed by atoms with Crippen LogP contribution in [0.3, 0.4) is 0 Å². The maximum atomic E-state index is 10.2. The summed E-state index contributed by atoms with van der Waals surface area (Å²) < 4.78 is 0.808. The fourth-order valence-corrected chi connectivity index (χ4v) is 3.07. The average molecular weight is 276 g/mol. The van der Waals surface area contributed by atoms with Crippen LogP contribution in [0, 0.1) is 5.92 Å². The highest BCUT2D eigenvalue weighted by Gasteiger charge is 2.22. The highest BCUT2D eigenvalue weighted by Crippen LogP contribution is 2.27. The lowest BCUT2D eigenvalue weighted by molar-refractivity contribution is 0.0364. The van der Waals surface area contributed by atoms with E-state index in [4.69, 9.17) is 11.6 Å². The Morgan fingerprint density at radius 1 is 1.41 bits per heavy atom. The molecule has 0 spiro atoms. The molecule has 0 saturated carbocycles. The van der Waals surface area contributed by atoms with E-state index in [1.807, 2.05) is 19.1 Å². The molecule has 17 heavy (non-hydrogen) atoms. The second-order valence-electron chi connectivity index (χ2n) is 5.34. The first-order valence-corrected chi connectivity index (χ1v) is 7.20. The number of hydrogen-bond acceptors (Lipinski definition) is 3. The molecular formula is C13H22ClNOS. The van der Waals surface area contributed by atoms with Gasteiger partial charge in [-0.15, -0.1) is 11.3 Å². The van der Waals surface area contributed by atoms with Crippen LogP contribution in [0.2, 0.25) is 4.34 Å². The normalized spacial score (nSPS) is 17.1. The zero-order valence-electron chi connectivity index (χ0n) is 11.0. The molecule has 98 valence electrons. The average Bonchev–Trinajstić information content (AvgIpc) is 2.59. The molecule has 0 aliphatic rings. The van der Waals surface area contributed by atoms with Crippen LogP contribution < -0.4 is 5.32 Å². The van der Waals surface area contributed by atoms with E-state index in [2.05, 4.69) is 26.1 Å². The molecule has 0 bridgehead atoms. The largest absolute Gasteiger partial charge is 0.389 e. The van der Waals surface area contributed by atoms with Crippen molar-refractivity contribution < 1.29 is 5.11 Å². The molecule has 2 atom stereocenters. The molecular weight excluding hydrogens is 254 g/mol. The molecule has 2 N–H and O–H groups in total. The Morgan fingerprint density at radius 2 is 2.06 bits per heavy atom. The van der Waals surface area contributed by atoms with Crippen LogP contribution in [0.4, 0.5) is 0 Å². The second kappa shape index (κ2) is 6.19. The summed E-state index contributed by atoms with van der Waals surface area (Å²) in [4.78, 5) is 1.20. The second-order valence-corrected chi connectivity index (χ2v) is 7.09. The van der Waals surface area contributed by atoms with E-state index in [1.165, 1.54) is 4.88 Å². The lowest BCUT2D eigenvalue weighted by Crippen LogP contribution is -2.39. The lowest BCUT2D eigenvalue weighted by atomic mass is 9.94. The van der Waals surface area contributed by atoms with Gasteiger partial charge in [0.25, 0.3) is 0 Å². The molecule has 4 heteroatoms. The van der Waals surface area contributed by atoms with Gasteiger partial charge in [-0.2, -0.15) is 0 Å². The maximum Gasteiger partial charge on any atom is 0.0931 e. The van der Waals surface area contributed by atoms with E-state index in [0.29, 0.717) is 12.5 Å². The predicted octanol–water partition coefficient (Wildman–Crippen LogP) is 3.85. The van der Waals surface area contributed by atoms with Crippen molar-refractivity contribution in [1.29, 1.82) is 0 Å². The van der Waals surface area contributed by atoms with Crippen molar-refractivity contribution in [3.8, 4) is 0 Å². The first-order valence-electron chi connectivity index (χ1n) is 6.01. The highest BCUT2D eigenvalue weighted by molar-refractivity contribution is 7.16. The van der Waals surface area contributed by atoms with Crippen LogP contribution in [-0.2, 0) is 0 Å². The van der Waals surface area contributed by atoms with Gasteiger partial charge in [-0.25, -0.2) is 0 Å². The molecule has 1 aromatic rings. The number of halogens is 1. The van der Waals surface area contributed by atoms with Crippen LogP contribution >= 0.6 is 22.9 Å². The number of nitrogens with one attached hydrogen (secondary N) is 1. The minimum Gasteiger partial charge on any atom is -0.389 e. The van der Waals surface area contributed by atoms with Crippen molar-refractivity contribution in [3.63, 3.8) is 0 Å². The quantitative estimate of drug-likeness (QED) is 0.827. The monoisotopic (exact) mass is 275 g/mol. The van der Waals surface area contributed by atoms with Gasteiger partial charge in [0.1, 0.15) is 0 Å². The predicted molar refractivity (Wildman–Crippen MR) is 75.8 cm³/mol. The Balaban J connectivity index is 2.45.